The summed E-state index contributed by atoms with van der Waals surface area (Å²) >= 11 is 0. The molecular formula is C9H13N3. The molecule has 1 aromatic rings. The van der Waals surface area contributed by atoms with Gasteiger partial charge >= 0.3 is 0 Å². The minimum Gasteiger partial charge on any atom is -0.299 e. The van der Waals surface area contributed by atoms with E-state index in [9.17, 15) is 0 Å². The summed E-state index contributed by atoms with van der Waals surface area (Å²) in [7, 11) is 2.06. The quantitative estimate of drug-likeness (QED) is 0.679. The van der Waals surface area contributed by atoms with E-state index in [1.54, 1.807) is 0 Å². The van der Waals surface area contributed by atoms with Gasteiger partial charge in [-0.15, -0.1) is 5.12 Å². The lowest BCUT2D eigenvalue weighted by Gasteiger charge is -2.23. The Bertz CT molecular complexity index is 285. The lowest BCUT2D eigenvalue weighted by Crippen LogP contribution is -2.38. The van der Waals surface area contributed by atoms with Crippen LogP contribution in [0.3, 0.4) is 0 Å². The van der Waals surface area contributed by atoms with Crippen LogP contribution in [0, 0.1) is 0 Å². The number of rotatable bonds is 1. The maximum atomic E-state index is 3.29. The smallest absolute Gasteiger partial charge is 0.0782 e. The minimum absolute atomic E-state index is 0.963. The third-order valence-corrected chi connectivity index (χ3v) is 2.16. The van der Waals surface area contributed by atoms with Gasteiger partial charge in [0, 0.05) is 13.6 Å². The minimum atomic E-state index is 0.963. The maximum absolute atomic E-state index is 3.29. The van der Waals surface area contributed by atoms with Crippen LogP contribution in [0.25, 0.3) is 0 Å². The van der Waals surface area contributed by atoms with E-state index in [-0.39, 0.29) is 0 Å². The van der Waals surface area contributed by atoms with Crippen molar-refractivity contribution in [3.8, 4) is 0 Å². The SMILES string of the molecule is CCN1Nc2ccccc2N1C. The lowest BCUT2D eigenvalue weighted by atomic mass is 10.3. The third-order valence-electron chi connectivity index (χ3n) is 2.16. The Kier molecular flexibility index (Phi) is 1.66. The van der Waals surface area contributed by atoms with Gasteiger partial charge < -0.3 is 0 Å². The van der Waals surface area contributed by atoms with Crippen molar-refractivity contribution in [3.05, 3.63) is 24.3 Å². The second-order valence-electron chi connectivity index (χ2n) is 2.87. The highest BCUT2D eigenvalue weighted by Crippen LogP contribution is 2.31. The molecule has 1 N–H and O–H groups in total. The largest absolute Gasteiger partial charge is 0.299 e. The molecule has 0 unspecified atom stereocenters. The van der Waals surface area contributed by atoms with Crippen LogP contribution in [-0.2, 0) is 0 Å². The van der Waals surface area contributed by atoms with Crippen LogP contribution in [0.2, 0.25) is 0 Å². The van der Waals surface area contributed by atoms with E-state index in [1.165, 1.54) is 11.4 Å². The van der Waals surface area contributed by atoms with Gasteiger partial charge in [-0.05, 0) is 19.1 Å². The molecule has 2 rings (SSSR count). The Morgan fingerprint density at radius 3 is 2.75 bits per heavy atom. The standard InChI is InChI=1S/C9H13N3/c1-3-12-10-8-6-4-5-7-9(8)11(12)2/h4-7,10H,3H2,1-2H3. The maximum Gasteiger partial charge on any atom is 0.0782 e. The summed E-state index contributed by atoms with van der Waals surface area (Å²) in [5.41, 5.74) is 5.71. The van der Waals surface area contributed by atoms with Gasteiger partial charge in [0.25, 0.3) is 0 Å². The molecule has 1 aromatic carbocycles. The van der Waals surface area contributed by atoms with Crippen LogP contribution >= 0.6 is 0 Å². The number of anilines is 2. The molecule has 3 nitrogen and oxygen atoms in total. The van der Waals surface area contributed by atoms with Crippen molar-refractivity contribution in [1.29, 1.82) is 0 Å². The molecule has 0 aliphatic carbocycles. The van der Waals surface area contributed by atoms with Gasteiger partial charge in [0.15, 0.2) is 0 Å². The van der Waals surface area contributed by atoms with E-state index >= 15 is 0 Å². The summed E-state index contributed by atoms with van der Waals surface area (Å²) in [6, 6.07) is 8.29. The summed E-state index contributed by atoms with van der Waals surface area (Å²) in [5.74, 6) is 0. The molecular weight excluding hydrogens is 150 g/mol. The van der Waals surface area contributed by atoms with Crippen molar-refractivity contribution in [2.24, 2.45) is 0 Å². The first-order valence-corrected chi connectivity index (χ1v) is 4.20. The number of hydrogen-bond donors (Lipinski definition) is 1. The number of hydrazine groups is 2. The number of hydrogen-bond acceptors (Lipinski definition) is 3. The molecule has 1 aliphatic rings. The van der Waals surface area contributed by atoms with Crippen LogP contribution < -0.4 is 10.4 Å². The average molecular weight is 163 g/mol. The average Bonchev–Trinajstić information content (AvgIpc) is 2.44. The molecule has 0 aromatic heterocycles. The van der Waals surface area contributed by atoms with Crippen molar-refractivity contribution in [2.45, 2.75) is 6.92 Å². The fourth-order valence-corrected chi connectivity index (χ4v) is 1.49. The number of nitrogens with zero attached hydrogens (tertiary/aromatic N) is 2. The van der Waals surface area contributed by atoms with E-state index in [4.69, 9.17) is 0 Å². The number of para-hydroxylation sites is 2. The normalized spacial score (nSPS) is 16.0. The summed E-state index contributed by atoms with van der Waals surface area (Å²) in [6.45, 7) is 3.08. The van der Waals surface area contributed by atoms with E-state index in [0.717, 1.165) is 6.54 Å². The molecule has 0 amide bonds. The van der Waals surface area contributed by atoms with Crippen molar-refractivity contribution < 1.29 is 0 Å². The topological polar surface area (TPSA) is 18.5 Å². The second kappa shape index (κ2) is 2.68. The highest BCUT2D eigenvalue weighted by Gasteiger charge is 2.20. The summed E-state index contributed by atoms with van der Waals surface area (Å²) in [5, 5.41) is 4.19. The Morgan fingerprint density at radius 1 is 1.33 bits per heavy atom. The van der Waals surface area contributed by atoms with Crippen LogP contribution in [-0.4, -0.2) is 18.7 Å². The number of fused-ring (bicyclic) bond motifs is 1. The molecule has 0 atom stereocenters. The number of nitrogens with one attached hydrogen (secondary N) is 1. The van der Waals surface area contributed by atoms with Crippen LogP contribution in [0.4, 0.5) is 11.4 Å². The Balaban J connectivity index is 2.35. The molecule has 0 saturated carbocycles. The first kappa shape index (κ1) is 7.43. The molecule has 64 valence electrons. The molecule has 0 bridgehead atoms. The second-order valence-corrected chi connectivity index (χ2v) is 2.87. The van der Waals surface area contributed by atoms with Gasteiger partial charge in [-0.1, -0.05) is 12.1 Å². The Labute approximate surface area is 72.5 Å². The number of benzene rings is 1. The zero-order valence-corrected chi connectivity index (χ0v) is 7.41. The van der Waals surface area contributed by atoms with Gasteiger partial charge in [-0.2, -0.15) is 0 Å². The molecule has 0 fully saturated rings. The van der Waals surface area contributed by atoms with Crippen molar-refractivity contribution in [3.63, 3.8) is 0 Å². The first-order valence-electron chi connectivity index (χ1n) is 4.20. The first-order chi connectivity index (χ1) is 5.83. The third kappa shape index (κ3) is 0.940. The van der Waals surface area contributed by atoms with E-state index in [1.807, 2.05) is 6.07 Å². The zero-order chi connectivity index (χ0) is 8.55. The molecule has 1 aliphatic heterocycles. The van der Waals surface area contributed by atoms with Crippen molar-refractivity contribution in [2.75, 3.05) is 24.0 Å². The van der Waals surface area contributed by atoms with Gasteiger partial charge in [0.05, 0.1) is 11.4 Å². The van der Waals surface area contributed by atoms with Gasteiger partial charge in [0.2, 0.25) is 0 Å². The Hall–Kier alpha value is -1.22. The van der Waals surface area contributed by atoms with Gasteiger partial charge in [0.1, 0.15) is 0 Å². The highest BCUT2D eigenvalue weighted by molar-refractivity contribution is 5.72. The monoisotopic (exact) mass is 163 g/mol. The predicted octanol–water partition coefficient (Wildman–Crippen LogP) is 1.70. The lowest BCUT2D eigenvalue weighted by molar-refractivity contribution is 0.356. The zero-order valence-electron chi connectivity index (χ0n) is 7.41. The molecule has 12 heavy (non-hydrogen) atoms. The van der Waals surface area contributed by atoms with Crippen LogP contribution in [0.5, 0.6) is 0 Å². The fraction of sp³-hybridized carbons (Fsp3) is 0.333. The molecule has 1 heterocycles. The molecule has 0 spiro atoms. The summed E-state index contributed by atoms with van der Waals surface area (Å²) in [4.78, 5) is 0. The molecule has 3 heteroatoms. The van der Waals surface area contributed by atoms with Crippen LogP contribution in [0.1, 0.15) is 6.92 Å². The van der Waals surface area contributed by atoms with E-state index in [0.29, 0.717) is 0 Å². The van der Waals surface area contributed by atoms with Crippen molar-refractivity contribution in [1.82, 2.24) is 5.12 Å². The fourth-order valence-electron chi connectivity index (χ4n) is 1.49. The summed E-state index contributed by atoms with van der Waals surface area (Å²) in [6.07, 6.45) is 0. The van der Waals surface area contributed by atoms with Gasteiger partial charge in [-0.3, -0.25) is 10.4 Å². The van der Waals surface area contributed by atoms with E-state index in [2.05, 4.69) is 47.7 Å². The van der Waals surface area contributed by atoms with E-state index < -0.39 is 0 Å². The molecule has 0 radical (unpaired) electrons. The van der Waals surface area contributed by atoms with Gasteiger partial charge in [-0.25, -0.2) is 0 Å². The molecule has 0 saturated heterocycles. The summed E-state index contributed by atoms with van der Waals surface area (Å²) < 4.78 is 0. The van der Waals surface area contributed by atoms with Crippen LogP contribution in [0.15, 0.2) is 24.3 Å². The predicted molar refractivity (Wildman–Crippen MR) is 50.8 cm³/mol. The Morgan fingerprint density at radius 2 is 2.08 bits per heavy atom. The van der Waals surface area contributed by atoms with Crippen molar-refractivity contribution >= 4 is 11.4 Å². The highest BCUT2D eigenvalue weighted by atomic mass is 15.8.